The molecule has 2 atom stereocenters. The van der Waals surface area contributed by atoms with Gasteiger partial charge in [-0.15, -0.1) is 0 Å². The zero-order valence-corrected chi connectivity index (χ0v) is 18.1. The summed E-state index contributed by atoms with van der Waals surface area (Å²) >= 11 is 0. The van der Waals surface area contributed by atoms with Crippen molar-refractivity contribution >= 4 is 18.0 Å². The summed E-state index contributed by atoms with van der Waals surface area (Å²) in [6.07, 6.45) is 2.52. The van der Waals surface area contributed by atoms with E-state index in [2.05, 4.69) is 32.1 Å². The van der Waals surface area contributed by atoms with E-state index in [0.717, 1.165) is 19.5 Å². The molecule has 2 saturated heterocycles. The number of unbranched alkanes of at least 4 members (excludes halogenated alkanes) is 2. The van der Waals surface area contributed by atoms with Crippen LogP contribution in [0.4, 0.5) is 4.79 Å². The number of nitrogens with one attached hydrogen (secondary N) is 6. The number of hydroxylamine groups is 1. The van der Waals surface area contributed by atoms with E-state index in [-0.39, 0.29) is 31.8 Å². The summed E-state index contributed by atoms with van der Waals surface area (Å²) in [6, 6.07) is -0.196. The van der Waals surface area contributed by atoms with Crippen molar-refractivity contribution in [2.75, 3.05) is 32.8 Å². The first kappa shape index (κ1) is 25.3. The molecule has 0 bridgehead atoms. The van der Waals surface area contributed by atoms with E-state index in [9.17, 15) is 19.5 Å². The lowest BCUT2D eigenvalue weighted by Crippen LogP contribution is -2.66. The van der Waals surface area contributed by atoms with Gasteiger partial charge in [-0.3, -0.25) is 26.1 Å². The number of carbonyl (C=O) groups excluding carboxylic acids is 2. The number of aliphatic carboxylic acids is 1. The molecule has 2 aliphatic heterocycles. The van der Waals surface area contributed by atoms with Crippen molar-refractivity contribution in [2.24, 2.45) is 0 Å². The van der Waals surface area contributed by atoms with Gasteiger partial charge >= 0.3 is 12.1 Å². The average Bonchev–Trinajstić information content (AvgIpc) is 3.41. The molecule has 0 aromatic rings. The van der Waals surface area contributed by atoms with Gasteiger partial charge in [0.05, 0.1) is 13.2 Å². The molecule has 0 aromatic carbocycles. The summed E-state index contributed by atoms with van der Waals surface area (Å²) in [5.74, 6) is -1.83. The number of carboxylic acid groups (broad SMARTS) is 1. The Morgan fingerprint density at radius 3 is 2.58 bits per heavy atom. The Labute approximate surface area is 182 Å². The Hall–Kier alpha value is -1.99. The fourth-order valence-electron chi connectivity index (χ4n) is 3.39. The van der Waals surface area contributed by atoms with Crippen molar-refractivity contribution in [3.8, 4) is 0 Å². The lowest BCUT2D eigenvalue weighted by molar-refractivity contribution is -0.149. The van der Waals surface area contributed by atoms with Crippen LogP contribution in [0.3, 0.4) is 0 Å². The molecule has 7 N–H and O–H groups in total. The third-order valence-corrected chi connectivity index (χ3v) is 5.16. The summed E-state index contributed by atoms with van der Waals surface area (Å²) in [6.45, 7) is 5.04. The van der Waals surface area contributed by atoms with Crippen molar-refractivity contribution in [3.63, 3.8) is 0 Å². The molecule has 2 aliphatic rings. The molecule has 2 rings (SSSR count). The highest BCUT2D eigenvalue weighted by molar-refractivity contribution is 5.89. The first-order valence-corrected chi connectivity index (χ1v) is 11.0. The van der Waals surface area contributed by atoms with Crippen molar-refractivity contribution in [1.29, 1.82) is 0 Å². The predicted octanol–water partition coefficient (Wildman–Crippen LogP) is -0.670. The van der Waals surface area contributed by atoms with E-state index in [1.807, 2.05) is 6.92 Å². The second kappa shape index (κ2) is 13.4. The van der Waals surface area contributed by atoms with Crippen LogP contribution in [0.5, 0.6) is 0 Å². The molecule has 2 unspecified atom stereocenters. The van der Waals surface area contributed by atoms with Crippen molar-refractivity contribution in [2.45, 2.75) is 69.9 Å². The van der Waals surface area contributed by atoms with E-state index in [0.29, 0.717) is 38.8 Å². The van der Waals surface area contributed by atoms with Gasteiger partial charge in [-0.2, -0.15) is 5.48 Å². The fourth-order valence-corrected chi connectivity index (χ4v) is 3.39. The zero-order chi connectivity index (χ0) is 22.5. The predicted molar refractivity (Wildman–Crippen MR) is 112 cm³/mol. The number of carbonyl (C=O) groups is 3. The SMILES string of the molecule is CCCCOC(=O)NC(CCCCNC1NCCN1)(NC(=O)CC1CCON1)C(=O)O. The molecule has 0 saturated carbocycles. The lowest BCUT2D eigenvalue weighted by Gasteiger charge is -2.31. The minimum Gasteiger partial charge on any atom is -0.478 e. The maximum absolute atomic E-state index is 12.5. The van der Waals surface area contributed by atoms with E-state index in [4.69, 9.17) is 9.57 Å². The van der Waals surface area contributed by atoms with Gasteiger partial charge in [-0.1, -0.05) is 13.3 Å². The molecule has 0 spiro atoms. The second-order valence-electron chi connectivity index (χ2n) is 7.78. The molecule has 2 heterocycles. The average molecular weight is 445 g/mol. The Kier molecular flexibility index (Phi) is 10.9. The Morgan fingerprint density at radius 2 is 1.94 bits per heavy atom. The third-order valence-electron chi connectivity index (χ3n) is 5.16. The molecule has 31 heavy (non-hydrogen) atoms. The van der Waals surface area contributed by atoms with Crippen LogP contribution in [-0.4, -0.2) is 73.9 Å². The van der Waals surface area contributed by atoms with Gasteiger partial charge in [0.2, 0.25) is 11.6 Å². The van der Waals surface area contributed by atoms with Crippen LogP contribution in [-0.2, 0) is 19.2 Å². The smallest absolute Gasteiger partial charge is 0.409 e. The fraction of sp³-hybridized carbons (Fsp3) is 0.842. The minimum absolute atomic E-state index is 0.0265. The molecule has 178 valence electrons. The van der Waals surface area contributed by atoms with E-state index >= 15 is 0 Å². The minimum atomic E-state index is -1.94. The van der Waals surface area contributed by atoms with Crippen LogP contribution < -0.4 is 32.1 Å². The maximum atomic E-state index is 12.5. The van der Waals surface area contributed by atoms with Crippen molar-refractivity contribution < 1.29 is 29.1 Å². The maximum Gasteiger partial charge on any atom is 0.409 e. The second-order valence-corrected chi connectivity index (χ2v) is 7.78. The van der Waals surface area contributed by atoms with Gasteiger partial charge in [-0.05, 0) is 32.2 Å². The molecule has 2 amide bonds. The standard InChI is InChI=1S/C19H36N6O6/c1-2-3-11-30-18(29)24-19(16(27)28,23-15(26)13-14-6-12-31-25-14)7-4-5-8-20-17-21-9-10-22-17/h14,17,20-22,25H,2-13H2,1H3,(H,23,26)(H,24,29)(H,27,28). The number of hydrogen-bond acceptors (Lipinski definition) is 9. The molecule has 0 aliphatic carbocycles. The molecular weight excluding hydrogens is 408 g/mol. The van der Waals surface area contributed by atoms with Gasteiger partial charge < -0.3 is 20.0 Å². The van der Waals surface area contributed by atoms with Crippen LogP contribution >= 0.6 is 0 Å². The van der Waals surface area contributed by atoms with E-state index < -0.39 is 23.6 Å². The summed E-state index contributed by atoms with van der Waals surface area (Å²) in [4.78, 5) is 42.0. The Morgan fingerprint density at radius 1 is 1.16 bits per heavy atom. The summed E-state index contributed by atoms with van der Waals surface area (Å²) in [7, 11) is 0. The highest BCUT2D eigenvalue weighted by atomic mass is 16.7. The zero-order valence-electron chi connectivity index (χ0n) is 18.1. The van der Waals surface area contributed by atoms with Gasteiger partial charge in [0.1, 0.15) is 6.29 Å². The molecule has 2 fully saturated rings. The quantitative estimate of drug-likeness (QED) is 0.135. The Bertz CT molecular complexity index is 582. The van der Waals surface area contributed by atoms with Gasteiger partial charge in [0.25, 0.3) is 0 Å². The van der Waals surface area contributed by atoms with Crippen molar-refractivity contribution in [3.05, 3.63) is 0 Å². The largest absolute Gasteiger partial charge is 0.478 e. The van der Waals surface area contributed by atoms with Crippen LogP contribution in [0.1, 0.15) is 51.9 Å². The summed E-state index contributed by atoms with van der Waals surface area (Å²) < 4.78 is 5.07. The van der Waals surface area contributed by atoms with Crippen LogP contribution in [0.15, 0.2) is 0 Å². The molecule has 12 nitrogen and oxygen atoms in total. The number of amides is 2. The van der Waals surface area contributed by atoms with E-state index in [1.165, 1.54) is 0 Å². The summed E-state index contributed by atoms with van der Waals surface area (Å²) in [5, 5.41) is 24.6. The first-order valence-electron chi connectivity index (χ1n) is 11.0. The summed E-state index contributed by atoms with van der Waals surface area (Å²) in [5.41, 5.74) is 0.783. The highest BCUT2D eigenvalue weighted by Crippen LogP contribution is 2.15. The van der Waals surface area contributed by atoms with Crippen LogP contribution in [0.25, 0.3) is 0 Å². The highest BCUT2D eigenvalue weighted by Gasteiger charge is 2.42. The number of hydrogen-bond donors (Lipinski definition) is 7. The lowest BCUT2D eigenvalue weighted by atomic mass is 10.0. The van der Waals surface area contributed by atoms with Crippen LogP contribution in [0.2, 0.25) is 0 Å². The monoisotopic (exact) mass is 444 g/mol. The number of alkyl carbamates (subject to hydrolysis) is 1. The van der Waals surface area contributed by atoms with Gasteiger partial charge in [-0.25, -0.2) is 9.59 Å². The number of carboxylic acids is 1. The molecule has 0 radical (unpaired) electrons. The topological polar surface area (TPSA) is 162 Å². The Balaban J connectivity index is 1.92. The molecule has 12 heteroatoms. The van der Waals surface area contributed by atoms with Crippen molar-refractivity contribution in [1.82, 2.24) is 32.1 Å². The molecule has 0 aromatic heterocycles. The normalized spacial score (nSPS) is 20.9. The van der Waals surface area contributed by atoms with Crippen LogP contribution in [0, 0.1) is 0 Å². The van der Waals surface area contributed by atoms with Gasteiger partial charge in [0.15, 0.2) is 0 Å². The molecular formula is C19H36N6O6. The first-order chi connectivity index (χ1) is 14.9. The van der Waals surface area contributed by atoms with E-state index in [1.54, 1.807) is 0 Å². The van der Waals surface area contributed by atoms with Gasteiger partial charge in [0, 0.05) is 32.0 Å². The third kappa shape index (κ3) is 8.95. The number of rotatable bonds is 14. The number of ether oxygens (including phenoxy) is 1.